The fourth-order valence-corrected chi connectivity index (χ4v) is 7.42. The van der Waals surface area contributed by atoms with Crippen molar-refractivity contribution in [3.63, 3.8) is 0 Å². The number of carbonyl (C=O) groups is 2. The van der Waals surface area contributed by atoms with Gasteiger partial charge in [-0.1, -0.05) is 13.0 Å². The van der Waals surface area contributed by atoms with Crippen LogP contribution in [0, 0.1) is 23.2 Å². The van der Waals surface area contributed by atoms with Gasteiger partial charge in [0.1, 0.15) is 0 Å². The van der Waals surface area contributed by atoms with E-state index in [0.29, 0.717) is 25.9 Å². The highest BCUT2D eigenvalue weighted by Gasteiger charge is 2.56. The van der Waals surface area contributed by atoms with Crippen molar-refractivity contribution in [2.24, 2.45) is 23.2 Å². The van der Waals surface area contributed by atoms with Crippen LogP contribution in [0.2, 0.25) is 0 Å². The number of anilines is 1. The summed E-state index contributed by atoms with van der Waals surface area (Å²) in [5.41, 5.74) is 2.82. The Morgan fingerprint density at radius 3 is 2.58 bits per heavy atom. The van der Waals surface area contributed by atoms with Crippen molar-refractivity contribution in [3.05, 3.63) is 47.7 Å². The molecule has 0 spiro atoms. The van der Waals surface area contributed by atoms with Crippen molar-refractivity contribution in [2.75, 3.05) is 24.5 Å². The molecule has 8 nitrogen and oxygen atoms in total. The van der Waals surface area contributed by atoms with E-state index >= 15 is 0 Å². The first kappa shape index (κ1) is 25.5. The third-order valence-electron chi connectivity index (χ3n) is 9.62. The highest BCUT2D eigenvalue weighted by Crippen LogP contribution is 2.66. The fourth-order valence-electron chi connectivity index (χ4n) is 7.42. The zero-order chi connectivity index (χ0) is 27.8. The van der Waals surface area contributed by atoms with Gasteiger partial charge in [-0.25, -0.2) is 0 Å². The SMILES string of the molecule is C[C@@H]1CN(c2ccnc3cc(C(=O)CC45CC(C4)C5)ccc23)CC[C@@H]1C(=O)N1CCn2c(nnc2C(F)(F)F)C1. The van der Waals surface area contributed by atoms with Gasteiger partial charge < -0.3 is 14.4 Å². The molecule has 2 bridgehead atoms. The van der Waals surface area contributed by atoms with Gasteiger partial charge in [0.25, 0.3) is 0 Å². The van der Waals surface area contributed by atoms with Gasteiger partial charge in [-0.05, 0) is 61.1 Å². The van der Waals surface area contributed by atoms with Gasteiger partial charge in [0, 0.05) is 61.4 Å². The summed E-state index contributed by atoms with van der Waals surface area (Å²) < 4.78 is 40.6. The second-order valence-electron chi connectivity index (χ2n) is 12.3. The predicted molar refractivity (Wildman–Crippen MR) is 140 cm³/mol. The Balaban J connectivity index is 1.03. The molecule has 3 saturated carbocycles. The molecule has 2 aliphatic heterocycles. The van der Waals surface area contributed by atoms with E-state index in [1.807, 2.05) is 31.2 Å². The molecule has 3 aliphatic carbocycles. The molecular formula is C29H31F3N6O2. The lowest BCUT2D eigenvalue weighted by molar-refractivity contribution is -0.148. The number of piperidine rings is 1. The van der Waals surface area contributed by atoms with Crippen molar-refractivity contribution >= 4 is 28.3 Å². The van der Waals surface area contributed by atoms with Crippen LogP contribution < -0.4 is 4.90 Å². The molecule has 0 N–H and O–H groups in total. The van der Waals surface area contributed by atoms with Gasteiger partial charge in [0.05, 0.1) is 12.1 Å². The molecule has 0 unspecified atom stereocenters. The molecule has 0 radical (unpaired) electrons. The number of Topliss-reactive ketones (excluding diaryl/α,β-unsaturated/α-hetero) is 1. The summed E-state index contributed by atoms with van der Waals surface area (Å²) in [7, 11) is 0. The van der Waals surface area contributed by atoms with Gasteiger partial charge in [-0.3, -0.25) is 14.6 Å². The first-order valence-corrected chi connectivity index (χ1v) is 14.1. The standard InChI is InChI=1S/C29H31F3N6O2/c1-17-15-36(7-5-20(17)26(40)37-8-9-38-25(16-37)34-35-27(38)29(30,31)32)23-4-6-33-22-10-19(2-3-21(22)23)24(39)14-28-11-18(12-28)13-28/h2-4,6,10,17-18,20H,5,7-9,11-16H2,1H3/t17-,18?,20+,28?/m1/s1. The maximum atomic E-state index is 13.4. The average Bonchev–Trinajstić information content (AvgIpc) is 3.33. The number of aromatic nitrogens is 4. The highest BCUT2D eigenvalue weighted by molar-refractivity contribution is 6.02. The Kier molecular flexibility index (Phi) is 5.73. The number of benzene rings is 1. The Morgan fingerprint density at radius 2 is 1.88 bits per heavy atom. The molecular weight excluding hydrogens is 521 g/mol. The number of alkyl halides is 3. The molecule has 1 saturated heterocycles. The molecule has 2 aromatic heterocycles. The van der Waals surface area contributed by atoms with Crippen LogP contribution in [-0.2, 0) is 24.1 Å². The van der Waals surface area contributed by atoms with E-state index in [1.165, 1.54) is 19.3 Å². The van der Waals surface area contributed by atoms with E-state index in [-0.39, 0.29) is 54.4 Å². The molecule has 1 amide bonds. The Hall–Kier alpha value is -3.50. The van der Waals surface area contributed by atoms with Crippen LogP contribution in [-0.4, -0.2) is 56.0 Å². The molecule has 2 atom stereocenters. The van der Waals surface area contributed by atoms with E-state index in [4.69, 9.17) is 0 Å². The first-order chi connectivity index (χ1) is 19.1. The summed E-state index contributed by atoms with van der Waals surface area (Å²) in [6.45, 7) is 3.66. The monoisotopic (exact) mass is 552 g/mol. The van der Waals surface area contributed by atoms with Crippen molar-refractivity contribution in [3.8, 4) is 0 Å². The van der Waals surface area contributed by atoms with Gasteiger partial charge >= 0.3 is 6.18 Å². The number of hydrogen-bond acceptors (Lipinski definition) is 6. The first-order valence-electron chi connectivity index (χ1n) is 14.1. The third-order valence-corrected chi connectivity index (χ3v) is 9.62. The predicted octanol–water partition coefficient (Wildman–Crippen LogP) is 4.72. The molecule has 4 fully saturated rings. The molecule has 3 aromatic rings. The lowest BCUT2D eigenvalue weighted by Gasteiger charge is -2.62. The zero-order valence-electron chi connectivity index (χ0n) is 22.3. The number of ketones is 1. The number of fused-ring (bicyclic) bond motifs is 2. The molecule has 11 heteroatoms. The van der Waals surface area contributed by atoms with Crippen LogP contribution in [0.5, 0.6) is 0 Å². The topological polar surface area (TPSA) is 84.2 Å². The number of nitrogens with zero attached hydrogens (tertiary/aromatic N) is 6. The summed E-state index contributed by atoms with van der Waals surface area (Å²) in [4.78, 5) is 34.9. The fraction of sp³-hybridized carbons (Fsp3) is 0.552. The number of carbonyl (C=O) groups excluding carboxylic acids is 2. The van der Waals surface area contributed by atoms with Crippen LogP contribution in [0.25, 0.3) is 10.9 Å². The molecule has 4 heterocycles. The number of pyridine rings is 1. The molecule has 1 aromatic carbocycles. The molecule has 5 aliphatic rings. The number of rotatable bonds is 5. The lowest BCUT2D eigenvalue weighted by Crippen LogP contribution is -2.52. The van der Waals surface area contributed by atoms with Gasteiger partial charge in [0.2, 0.25) is 11.7 Å². The van der Waals surface area contributed by atoms with E-state index in [0.717, 1.165) is 32.6 Å². The maximum absolute atomic E-state index is 13.4. The minimum atomic E-state index is -4.57. The summed E-state index contributed by atoms with van der Waals surface area (Å²) in [5, 5.41) is 8.01. The van der Waals surface area contributed by atoms with Crippen LogP contribution in [0.15, 0.2) is 30.5 Å². The largest absolute Gasteiger partial charge is 0.451 e. The second-order valence-corrected chi connectivity index (χ2v) is 12.3. The van der Waals surface area contributed by atoms with Gasteiger partial charge in [-0.2, -0.15) is 13.2 Å². The summed E-state index contributed by atoms with van der Waals surface area (Å²) >= 11 is 0. The average molecular weight is 553 g/mol. The van der Waals surface area contributed by atoms with Crippen LogP contribution in [0.4, 0.5) is 18.9 Å². The molecule has 210 valence electrons. The second kappa shape index (κ2) is 9.01. The van der Waals surface area contributed by atoms with E-state index < -0.39 is 12.0 Å². The van der Waals surface area contributed by atoms with Crippen molar-refractivity contribution in [2.45, 2.75) is 58.3 Å². The van der Waals surface area contributed by atoms with E-state index in [2.05, 4.69) is 20.1 Å². The van der Waals surface area contributed by atoms with Crippen LogP contribution in [0.3, 0.4) is 0 Å². The smallest absolute Gasteiger partial charge is 0.371 e. The van der Waals surface area contributed by atoms with Crippen LogP contribution in [0.1, 0.15) is 61.0 Å². The Bertz CT molecular complexity index is 1500. The number of hydrogen-bond donors (Lipinski definition) is 0. The van der Waals surface area contributed by atoms with Gasteiger partial charge in [0.15, 0.2) is 11.6 Å². The van der Waals surface area contributed by atoms with Crippen LogP contribution >= 0.6 is 0 Å². The van der Waals surface area contributed by atoms with Crippen molar-refractivity contribution in [1.29, 1.82) is 0 Å². The number of halogens is 3. The van der Waals surface area contributed by atoms with Crippen molar-refractivity contribution in [1.82, 2.24) is 24.6 Å². The lowest BCUT2D eigenvalue weighted by atomic mass is 9.43. The summed E-state index contributed by atoms with van der Waals surface area (Å²) in [6.07, 6.45) is 2.07. The molecule has 40 heavy (non-hydrogen) atoms. The van der Waals surface area contributed by atoms with Crippen molar-refractivity contribution < 1.29 is 22.8 Å². The third kappa shape index (κ3) is 4.16. The molecule has 8 rings (SSSR count). The Morgan fingerprint density at radius 1 is 1.07 bits per heavy atom. The quantitative estimate of drug-likeness (QED) is 0.426. The van der Waals surface area contributed by atoms with E-state index in [9.17, 15) is 22.8 Å². The minimum absolute atomic E-state index is 0.0329. The minimum Gasteiger partial charge on any atom is -0.371 e. The highest BCUT2D eigenvalue weighted by atomic mass is 19.4. The Labute approximate surface area is 229 Å². The maximum Gasteiger partial charge on any atom is 0.451 e. The normalized spacial score (nSPS) is 27.6. The summed E-state index contributed by atoms with van der Waals surface area (Å²) in [5.74, 6) is -0.00378. The van der Waals surface area contributed by atoms with Gasteiger partial charge in [-0.15, -0.1) is 10.2 Å². The zero-order valence-corrected chi connectivity index (χ0v) is 22.3. The van der Waals surface area contributed by atoms with E-state index in [1.54, 1.807) is 11.1 Å². The number of amides is 1. The summed E-state index contributed by atoms with van der Waals surface area (Å²) in [6, 6.07) is 7.80.